The number of hydrogen-bond acceptors (Lipinski definition) is 3. The van der Waals surface area contributed by atoms with Gasteiger partial charge in [-0.2, -0.15) is 0 Å². The van der Waals surface area contributed by atoms with E-state index in [1.54, 1.807) is 18.1 Å². The minimum atomic E-state index is -0.0577. The van der Waals surface area contributed by atoms with Gasteiger partial charge in [0.05, 0.1) is 12.5 Å². The Morgan fingerprint density at radius 2 is 2.32 bits per heavy atom. The third kappa shape index (κ3) is 3.19. The summed E-state index contributed by atoms with van der Waals surface area (Å²) >= 11 is 0. The van der Waals surface area contributed by atoms with Crippen LogP contribution in [0, 0.1) is 6.92 Å². The van der Waals surface area contributed by atoms with Crippen molar-refractivity contribution in [3.05, 3.63) is 47.8 Å². The largest absolute Gasteiger partial charge is 0.341 e. The van der Waals surface area contributed by atoms with Crippen LogP contribution in [0.4, 0.5) is 0 Å². The lowest BCUT2D eigenvalue weighted by atomic mass is 10.1. The molecule has 1 N–H and O–H groups in total. The first-order chi connectivity index (χ1) is 9.08. The van der Waals surface area contributed by atoms with Crippen molar-refractivity contribution in [2.24, 2.45) is 0 Å². The second-order valence-corrected chi connectivity index (χ2v) is 4.76. The van der Waals surface area contributed by atoms with Gasteiger partial charge in [0, 0.05) is 31.4 Å². The van der Waals surface area contributed by atoms with Gasteiger partial charge in [-0.05, 0) is 31.5 Å². The molecule has 0 bridgehead atoms. The molecule has 100 valence electrons. The van der Waals surface area contributed by atoms with E-state index in [0.29, 0.717) is 5.69 Å². The van der Waals surface area contributed by atoms with Gasteiger partial charge in [-0.3, -0.25) is 9.78 Å². The van der Waals surface area contributed by atoms with Crippen LogP contribution in [0.15, 0.2) is 30.9 Å². The van der Waals surface area contributed by atoms with E-state index in [4.69, 9.17) is 0 Å². The Morgan fingerprint density at radius 3 is 2.95 bits per heavy atom. The van der Waals surface area contributed by atoms with Gasteiger partial charge in [0.1, 0.15) is 5.69 Å². The minimum absolute atomic E-state index is 0.0577. The molecule has 5 nitrogen and oxygen atoms in total. The first-order valence-electron chi connectivity index (χ1n) is 6.25. The van der Waals surface area contributed by atoms with Crippen molar-refractivity contribution >= 4 is 5.91 Å². The van der Waals surface area contributed by atoms with E-state index < -0.39 is 0 Å². The number of aryl methyl sites for hydroxylation is 1. The maximum absolute atomic E-state index is 12.1. The Hall–Kier alpha value is -2.17. The molecule has 0 spiro atoms. The molecule has 2 aromatic rings. The zero-order chi connectivity index (χ0) is 13.8. The van der Waals surface area contributed by atoms with Crippen LogP contribution in [0.5, 0.6) is 0 Å². The molecule has 0 radical (unpaired) electrons. The number of likely N-dealkylation sites (N-methyl/N-ethyl adjacent to an activating group) is 1. The molecule has 2 heterocycles. The van der Waals surface area contributed by atoms with Crippen molar-refractivity contribution in [2.75, 3.05) is 7.05 Å². The second-order valence-electron chi connectivity index (χ2n) is 4.76. The maximum atomic E-state index is 12.1. The van der Waals surface area contributed by atoms with E-state index in [-0.39, 0.29) is 11.9 Å². The third-order valence-electron chi connectivity index (χ3n) is 3.19. The van der Waals surface area contributed by atoms with Gasteiger partial charge >= 0.3 is 0 Å². The zero-order valence-electron chi connectivity index (χ0n) is 11.4. The van der Waals surface area contributed by atoms with Gasteiger partial charge in [0.25, 0.3) is 5.91 Å². The Balaban J connectivity index is 2.03. The molecule has 19 heavy (non-hydrogen) atoms. The number of nitrogens with zero attached hydrogens (tertiary/aromatic N) is 3. The van der Waals surface area contributed by atoms with E-state index in [1.807, 2.05) is 26.0 Å². The molecule has 0 aliphatic carbocycles. The molecule has 0 fully saturated rings. The lowest BCUT2D eigenvalue weighted by Gasteiger charge is -2.24. The summed E-state index contributed by atoms with van der Waals surface area (Å²) in [7, 11) is 1.80. The molecule has 0 aliphatic heterocycles. The summed E-state index contributed by atoms with van der Waals surface area (Å²) in [5, 5.41) is 0. The molecule has 2 aromatic heterocycles. The normalized spacial score (nSPS) is 12.2. The maximum Gasteiger partial charge on any atom is 0.271 e. The van der Waals surface area contributed by atoms with Crippen LogP contribution >= 0.6 is 0 Å². The van der Waals surface area contributed by atoms with Crippen molar-refractivity contribution in [1.82, 2.24) is 19.9 Å². The lowest BCUT2D eigenvalue weighted by Crippen LogP contribution is -2.36. The number of H-pyrrole nitrogens is 1. The van der Waals surface area contributed by atoms with Crippen LogP contribution < -0.4 is 0 Å². The number of carbonyl (C=O) groups is 1. The van der Waals surface area contributed by atoms with Gasteiger partial charge in [-0.25, -0.2) is 4.98 Å². The molecule has 0 saturated heterocycles. The SMILES string of the molecule is Cc1ccnc(CC(C)N(C)C(=O)c2cnc[nH]2)c1. The number of hydrogen-bond donors (Lipinski definition) is 1. The predicted octanol–water partition coefficient (Wildman–Crippen LogP) is 1.82. The third-order valence-corrected chi connectivity index (χ3v) is 3.19. The van der Waals surface area contributed by atoms with Crippen LogP contribution in [0.3, 0.4) is 0 Å². The van der Waals surface area contributed by atoms with Gasteiger partial charge in [-0.1, -0.05) is 0 Å². The fourth-order valence-corrected chi connectivity index (χ4v) is 1.91. The first kappa shape index (κ1) is 13.3. The van der Waals surface area contributed by atoms with Crippen LogP contribution in [0.2, 0.25) is 0 Å². The average Bonchev–Trinajstić information content (AvgIpc) is 2.90. The number of imidazole rings is 1. The van der Waals surface area contributed by atoms with E-state index in [2.05, 4.69) is 15.0 Å². The Labute approximate surface area is 112 Å². The summed E-state index contributed by atoms with van der Waals surface area (Å²) in [6.07, 6.45) is 5.58. The molecule has 0 saturated carbocycles. The van der Waals surface area contributed by atoms with Crippen molar-refractivity contribution < 1.29 is 4.79 Å². The van der Waals surface area contributed by atoms with Crippen LogP contribution in [0.1, 0.15) is 28.7 Å². The van der Waals surface area contributed by atoms with Crippen molar-refractivity contribution in [3.63, 3.8) is 0 Å². The van der Waals surface area contributed by atoms with Gasteiger partial charge < -0.3 is 9.88 Å². The zero-order valence-corrected chi connectivity index (χ0v) is 11.4. The highest BCUT2D eigenvalue weighted by molar-refractivity contribution is 5.92. The predicted molar refractivity (Wildman–Crippen MR) is 72.8 cm³/mol. The van der Waals surface area contributed by atoms with Crippen molar-refractivity contribution in [2.45, 2.75) is 26.3 Å². The molecule has 1 atom stereocenters. The number of carbonyl (C=O) groups excluding carboxylic acids is 1. The smallest absolute Gasteiger partial charge is 0.271 e. The number of aromatic amines is 1. The summed E-state index contributed by atoms with van der Waals surface area (Å²) in [5.41, 5.74) is 2.68. The number of rotatable bonds is 4. The molecule has 0 aromatic carbocycles. The summed E-state index contributed by atoms with van der Waals surface area (Å²) in [4.78, 5) is 24.9. The fourth-order valence-electron chi connectivity index (χ4n) is 1.91. The Morgan fingerprint density at radius 1 is 1.53 bits per heavy atom. The fraction of sp³-hybridized carbons (Fsp3) is 0.357. The van der Waals surface area contributed by atoms with E-state index in [0.717, 1.165) is 12.1 Å². The van der Waals surface area contributed by atoms with E-state index in [1.165, 1.54) is 18.1 Å². The number of amides is 1. The highest BCUT2D eigenvalue weighted by Gasteiger charge is 2.19. The van der Waals surface area contributed by atoms with Gasteiger partial charge in [0.15, 0.2) is 0 Å². The van der Waals surface area contributed by atoms with Crippen molar-refractivity contribution in [1.29, 1.82) is 0 Å². The number of nitrogens with one attached hydrogen (secondary N) is 1. The number of aromatic nitrogens is 3. The Kier molecular flexibility index (Phi) is 3.94. The van der Waals surface area contributed by atoms with Crippen LogP contribution in [0.25, 0.3) is 0 Å². The Bertz CT molecular complexity index is 550. The summed E-state index contributed by atoms with van der Waals surface area (Å²) in [6.45, 7) is 4.05. The molecule has 5 heteroatoms. The highest BCUT2D eigenvalue weighted by atomic mass is 16.2. The molecular weight excluding hydrogens is 240 g/mol. The van der Waals surface area contributed by atoms with Crippen LogP contribution in [-0.4, -0.2) is 38.8 Å². The van der Waals surface area contributed by atoms with Crippen LogP contribution in [-0.2, 0) is 6.42 Å². The molecule has 1 amide bonds. The molecule has 2 rings (SSSR count). The average molecular weight is 258 g/mol. The summed E-state index contributed by atoms with van der Waals surface area (Å²) in [5.74, 6) is -0.0577. The quantitative estimate of drug-likeness (QED) is 0.909. The summed E-state index contributed by atoms with van der Waals surface area (Å²) in [6, 6.07) is 4.09. The first-order valence-corrected chi connectivity index (χ1v) is 6.25. The summed E-state index contributed by atoms with van der Waals surface area (Å²) < 4.78 is 0. The lowest BCUT2D eigenvalue weighted by molar-refractivity contribution is 0.0737. The molecule has 0 aliphatic rings. The molecule has 1 unspecified atom stereocenters. The van der Waals surface area contributed by atoms with Gasteiger partial charge in [-0.15, -0.1) is 0 Å². The topological polar surface area (TPSA) is 61.9 Å². The van der Waals surface area contributed by atoms with E-state index >= 15 is 0 Å². The van der Waals surface area contributed by atoms with E-state index in [9.17, 15) is 4.79 Å². The highest BCUT2D eigenvalue weighted by Crippen LogP contribution is 2.09. The van der Waals surface area contributed by atoms with Crippen molar-refractivity contribution in [3.8, 4) is 0 Å². The number of pyridine rings is 1. The molecular formula is C14H18N4O. The second kappa shape index (κ2) is 5.65. The standard InChI is InChI=1S/C14H18N4O/c1-10-4-5-16-12(6-10)7-11(2)18(3)14(19)13-8-15-9-17-13/h4-6,8-9,11H,7H2,1-3H3,(H,15,17). The van der Waals surface area contributed by atoms with Gasteiger partial charge in [0.2, 0.25) is 0 Å². The minimum Gasteiger partial charge on any atom is -0.341 e. The monoisotopic (exact) mass is 258 g/mol.